The first-order valence-electron chi connectivity index (χ1n) is 14.6. The summed E-state index contributed by atoms with van der Waals surface area (Å²) in [6.07, 6.45) is 1.49. The highest BCUT2D eigenvalue weighted by Gasteiger charge is 2.28. The molecule has 240 valence electrons. The highest BCUT2D eigenvalue weighted by Crippen LogP contribution is 2.12. The zero-order chi connectivity index (χ0) is 32.6. The van der Waals surface area contributed by atoms with Crippen molar-refractivity contribution in [1.82, 2.24) is 21.3 Å². The molecular weight excluding hydrogens is 568 g/mol. The molecule has 4 atom stereocenters. The first-order chi connectivity index (χ1) is 20.9. The maximum absolute atomic E-state index is 13.3. The molecule has 2 aromatic carbocycles. The third-order valence-electron chi connectivity index (χ3n) is 6.95. The molecule has 0 saturated heterocycles. The van der Waals surface area contributed by atoms with Gasteiger partial charge in [-0.25, -0.2) is 4.79 Å². The molecule has 13 heteroatoms. The van der Waals surface area contributed by atoms with Crippen LogP contribution in [0.2, 0.25) is 0 Å². The molecule has 0 heterocycles. The molecule has 0 aliphatic carbocycles. The number of aromatic hydroxyl groups is 1. The summed E-state index contributed by atoms with van der Waals surface area (Å²) in [5.74, 6) is -3.90. The van der Waals surface area contributed by atoms with Crippen LogP contribution < -0.4 is 32.7 Å². The SMILES string of the molecule is CC(C)[C@H](N)C(=O)N[C@@H](CCCCN)C(=O)NCC(=O)N[C@@H](Cc1ccccc1)C(=O)N[C@@H](Cc1ccc(O)cc1)C(=O)O. The van der Waals surface area contributed by atoms with E-state index in [1.54, 1.807) is 56.3 Å². The Morgan fingerprint density at radius 1 is 0.750 bits per heavy atom. The van der Waals surface area contributed by atoms with Gasteiger partial charge >= 0.3 is 5.97 Å². The second kappa shape index (κ2) is 18.2. The van der Waals surface area contributed by atoms with Gasteiger partial charge in [-0.3, -0.25) is 19.2 Å². The predicted octanol–water partition coefficient (Wildman–Crippen LogP) is -0.0551. The first kappa shape index (κ1) is 35.7. The van der Waals surface area contributed by atoms with Crippen LogP contribution in [0, 0.1) is 5.92 Å². The number of benzene rings is 2. The van der Waals surface area contributed by atoms with Crippen LogP contribution >= 0.6 is 0 Å². The minimum absolute atomic E-state index is 0.0192. The fourth-order valence-electron chi connectivity index (χ4n) is 4.27. The molecule has 0 unspecified atom stereocenters. The van der Waals surface area contributed by atoms with E-state index in [1.165, 1.54) is 12.1 Å². The normalized spacial score (nSPS) is 13.7. The fraction of sp³-hybridized carbons (Fsp3) is 0.452. The molecule has 44 heavy (non-hydrogen) atoms. The molecule has 13 nitrogen and oxygen atoms in total. The van der Waals surface area contributed by atoms with Crippen LogP contribution in [0.4, 0.5) is 0 Å². The molecule has 0 aromatic heterocycles. The summed E-state index contributed by atoms with van der Waals surface area (Å²) in [4.78, 5) is 63.6. The average molecular weight is 613 g/mol. The highest BCUT2D eigenvalue weighted by molar-refractivity contribution is 5.94. The van der Waals surface area contributed by atoms with Crippen molar-refractivity contribution >= 4 is 29.6 Å². The lowest BCUT2D eigenvalue weighted by Crippen LogP contribution is -2.56. The minimum atomic E-state index is -1.31. The number of phenols is 1. The van der Waals surface area contributed by atoms with Gasteiger partial charge in [-0.2, -0.15) is 0 Å². The van der Waals surface area contributed by atoms with E-state index in [-0.39, 0.29) is 30.9 Å². The predicted molar refractivity (Wildman–Crippen MR) is 164 cm³/mol. The zero-order valence-corrected chi connectivity index (χ0v) is 25.1. The van der Waals surface area contributed by atoms with Crippen molar-refractivity contribution in [2.45, 2.75) is 70.1 Å². The number of rotatable bonds is 18. The molecule has 0 fully saturated rings. The quantitative estimate of drug-likeness (QED) is 0.105. The molecule has 0 aliphatic heterocycles. The summed E-state index contributed by atoms with van der Waals surface area (Å²) in [6.45, 7) is 3.49. The standard InChI is InChI=1S/C31H44N6O7/c1-19(2)27(33)30(42)36-23(10-6-7-15-32)28(40)34-18-26(39)35-24(16-20-8-4-3-5-9-20)29(41)37-25(31(43)44)17-21-11-13-22(38)14-12-21/h3-5,8-9,11-14,19,23-25,27,38H,6-7,10,15-18,32-33H2,1-2H3,(H,34,40)(H,35,39)(H,36,42)(H,37,41)(H,43,44)/t23-,24-,25-,27-/m0/s1. The van der Waals surface area contributed by atoms with Crippen molar-refractivity contribution in [3.63, 3.8) is 0 Å². The Bertz CT molecular complexity index is 1240. The van der Waals surface area contributed by atoms with Gasteiger partial charge in [0.25, 0.3) is 0 Å². The van der Waals surface area contributed by atoms with E-state index < -0.39 is 60.3 Å². The zero-order valence-electron chi connectivity index (χ0n) is 25.1. The molecule has 2 aromatic rings. The van der Waals surface area contributed by atoms with Crippen molar-refractivity contribution < 1.29 is 34.2 Å². The minimum Gasteiger partial charge on any atom is -0.508 e. The van der Waals surface area contributed by atoms with Crippen molar-refractivity contribution in [2.75, 3.05) is 13.1 Å². The summed E-state index contributed by atoms with van der Waals surface area (Å²) >= 11 is 0. The molecule has 0 saturated carbocycles. The Labute approximate surface area is 257 Å². The van der Waals surface area contributed by atoms with Crippen LogP contribution in [0.25, 0.3) is 0 Å². The van der Waals surface area contributed by atoms with Crippen LogP contribution in [0.15, 0.2) is 54.6 Å². The number of unbranched alkanes of at least 4 members (excludes halogenated alkanes) is 1. The highest BCUT2D eigenvalue weighted by atomic mass is 16.4. The monoisotopic (exact) mass is 612 g/mol. The molecule has 10 N–H and O–H groups in total. The molecule has 4 amide bonds. The van der Waals surface area contributed by atoms with Crippen molar-refractivity contribution in [1.29, 1.82) is 0 Å². The maximum atomic E-state index is 13.3. The Kier molecular flexibility index (Phi) is 14.8. The van der Waals surface area contributed by atoms with E-state index in [4.69, 9.17) is 11.5 Å². The second-order valence-electron chi connectivity index (χ2n) is 10.9. The van der Waals surface area contributed by atoms with E-state index >= 15 is 0 Å². The average Bonchev–Trinajstić information content (AvgIpc) is 2.99. The van der Waals surface area contributed by atoms with Gasteiger partial charge in [0.2, 0.25) is 23.6 Å². The number of hydrogen-bond acceptors (Lipinski definition) is 8. The van der Waals surface area contributed by atoms with Crippen LogP contribution in [-0.4, -0.2) is 77.1 Å². The summed E-state index contributed by atoms with van der Waals surface area (Å²) in [5.41, 5.74) is 12.8. The van der Waals surface area contributed by atoms with Gasteiger partial charge in [0, 0.05) is 12.8 Å². The van der Waals surface area contributed by atoms with Gasteiger partial charge in [0.1, 0.15) is 23.9 Å². The van der Waals surface area contributed by atoms with Crippen molar-refractivity contribution in [2.24, 2.45) is 17.4 Å². The summed E-state index contributed by atoms with van der Waals surface area (Å²) in [7, 11) is 0. The number of nitrogens with one attached hydrogen (secondary N) is 4. The molecular formula is C31H44N6O7. The van der Waals surface area contributed by atoms with Crippen LogP contribution in [0.3, 0.4) is 0 Å². The van der Waals surface area contributed by atoms with Crippen LogP contribution in [-0.2, 0) is 36.8 Å². The van der Waals surface area contributed by atoms with E-state index in [1.807, 2.05) is 0 Å². The van der Waals surface area contributed by atoms with Crippen molar-refractivity contribution in [3.05, 3.63) is 65.7 Å². The largest absolute Gasteiger partial charge is 0.508 e. The second-order valence-corrected chi connectivity index (χ2v) is 10.9. The lowest BCUT2D eigenvalue weighted by Gasteiger charge is -2.23. The maximum Gasteiger partial charge on any atom is 0.326 e. The van der Waals surface area contributed by atoms with Gasteiger partial charge in [0.05, 0.1) is 12.6 Å². The first-order valence-corrected chi connectivity index (χ1v) is 14.6. The number of amides is 4. The van der Waals surface area contributed by atoms with Crippen LogP contribution in [0.1, 0.15) is 44.2 Å². The van der Waals surface area contributed by atoms with E-state index in [0.717, 1.165) is 0 Å². The van der Waals surface area contributed by atoms with Gasteiger partial charge < -0.3 is 42.9 Å². The number of carboxylic acids is 1. The third-order valence-corrected chi connectivity index (χ3v) is 6.95. The lowest BCUT2D eigenvalue weighted by molar-refractivity contribution is -0.142. The fourth-order valence-corrected chi connectivity index (χ4v) is 4.27. The molecule has 2 rings (SSSR count). The number of phenolic OH excluding ortho intramolecular Hbond substituents is 1. The Morgan fingerprint density at radius 3 is 1.93 bits per heavy atom. The Hall–Kier alpha value is -4.49. The number of hydrogen-bond donors (Lipinski definition) is 8. The van der Waals surface area contributed by atoms with E-state index in [2.05, 4.69) is 21.3 Å². The summed E-state index contributed by atoms with van der Waals surface area (Å²) in [5, 5.41) is 29.5. The molecule has 0 radical (unpaired) electrons. The number of carbonyl (C=O) groups is 5. The van der Waals surface area contributed by atoms with Crippen molar-refractivity contribution in [3.8, 4) is 5.75 Å². The van der Waals surface area contributed by atoms with Gasteiger partial charge in [-0.15, -0.1) is 0 Å². The van der Waals surface area contributed by atoms with Gasteiger partial charge in [-0.1, -0.05) is 56.3 Å². The Morgan fingerprint density at radius 2 is 1.34 bits per heavy atom. The summed E-state index contributed by atoms with van der Waals surface area (Å²) in [6, 6.07) is 10.5. The third kappa shape index (κ3) is 12.4. The number of carboxylic acid groups (broad SMARTS) is 1. The number of aliphatic carboxylic acids is 1. The molecule has 0 aliphatic rings. The van der Waals surface area contributed by atoms with E-state index in [0.29, 0.717) is 30.5 Å². The smallest absolute Gasteiger partial charge is 0.326 e. The lowest BCUT2D eigenvalue weighted by atomic mass is 10.0. The summed E-state index contributed by atoms with van der Waals surface area (Å²) < 4.78 is 0. The molecule has 0 bridgehead atoms. The number of nitrogens with two attached hydrogens (primary N) is 2. The Balaban J connectivity index is 2.11. The number of carbonyl (C=O) groups excluding carboxylic acids is 4. The van der Waals surface area contributed by atoms with Crippen LogP contribution in [0.5, 0.6) is 5.75 Å². The van der Waals surface area contributed by atoms with E-state index in [9.17, 15) is 34.2 Å². The molecule has 0 spiro atoms. The van der Waals surface area contributed by atoms with Gasteiger partial charge in [-0.05, 0) is 55.0 Å². The topological polar surface area (TPSA) is 226 Å². The van der Waals surface area contributed by atoms with Gasteiger partial charge in [0.15, 0.2) is 0 Å².